The van der Waals surface area contributed by atoms with Gasteiger partial charge in [0, 0.05) is 35.9 Å². The summed E-state index contributed by atoms with van der Waals surface area (Å²) in [5.41, 5.74) is 4.17. The number of hydrogen-bond donors (Lipinski definition) is 2. The molecule has 0 aliphatic rings. The number of amides is 1. The number of hydroxylamine groups is 1. The molecule has 7 heteroatoms. The molecule has 2 aromatic carbocycles. The van der Waals surface area contributed by atoms with Gasteiger partial charge >= 0.3 is 0 Å². The Bertz CT molecular complexity index is 891. The molecule has 1 heterocycles. The van der Waals surface area contributed by atoms with E-state index in [4.69, 9.17) is 16.8 Å². The molecule has 0 bridgehead atoms. The Kier molecular flexibility index (Phi) is 6.84. The predicted octanol–water partition coefficient (Wildman–Crippen LogP) is 4.56. The van der Waals surface area contributed by atoms with E-state index in [1.165, 1.54) is 0 Å². The number of aromatic nitrogens is 1. The highest BCUT2D eigenvalue weighted by Crippen LogP contribution is 2.31. The van der Waals surface area contributed by atoms with E-state index in [2.05, 4.69) is 9.29 Å². The molecule has 0 fully saturated rings. The quantitative estimate of drug-likeness (QED) is 0.346. The van der Waals surface area contributed by atoms with Crippen molar-refractivity contribution in [3.8, 4) is 0 Å². The van der Waals surface area contributed by atoms with Gasteiger partial charge in [0.2, 0.25) is 0 Å². The molecule has 0 saturated heterocycles. The lowest BCUT2D eigenvalue weighted by atomic mass is 10.1. The Labute approximate surface area is 167 Å². The SMILES string of the molecule is O=C(NO)c1ccc(CN(Cc2cccnc2)Sc2ccccc2Cl)cc1. The Morgan fingerprint density at radius 3 is 2.44 bits per heavy atom. The molecule has 0 unspecified atom stereocenters. The molecule has 0 atom stereocenters. The molecular weight excluding hydrogens is 382 g/mol. The van der Waals surface area contributed by atoms with E-state index in [1.54, 1.807) is 35.8 Å². The van der Waals surface area contributed by atoms with E-state index in [-0.39, 0.29) is 0 Å². The summed E-state index contributed by atoms with van der Waals surface area (Å²) in [6.45, 7) is 1.33. The Hall–Kier alpha value is -2.38. The van der Waals surface area contributed by atoms with E-state index in [1.807, 2.05) is 54.7 Å². The second-order valence-corrected chi connectivity index (χ2v) is 7.36. The minimum Gasteiger partial charge on any atom is -0.288 e. The summed E-state index contributed by atoms with van der Waals surface area (Å²) in [6, 6.07) is 18.8. The topological polar surface area (TPSA) is 65.5 Å². The summed E-state index contributed by atoms with van der Waals surface area (Å²) >= 11 is 7.89. The second-order valence-electron chi connectivity index (χ2n) is 5.82. The van der Waals surface area contributed by atoms with Gasteiger partial charge in [-0.15, -0.1) is 0 Å². The van der Waals surface area contributed by atoms with Gasteiger partial charge in [0.15, 0.2) is 0 Å². The number of benzene rings is 2. The van der Waals surface area contributed by atoms with Crippen LogP contribution in [0.2, 0.25) is 5.02 Å². The fourth-order valence-corrected chi connectivity index (χ4v) is 3.74. The van der Waals surface area contributed by atoms with Gasteiger partial charge in [-0.05, 0) is 53.4 Å². The van der Waals surface area contributed by atoms with Gasteiger partial charge in [0.1, 0.15) is 0 Å². The first-order valence-corrected chi connectivity index (χ1v) is 9.40. The Balaban J connectivity index is 1.78. The van der Waals surface area contributed by atoms with Crippen LogP contribution in [0.1, 0.15) is 21.5 Å². The van der Waals surface area contributed by atoms with Crippen LogP contribution in [0.25, 0.3) is 0 Å². The number of nitrogens with zero attached hydrogens (tertiary/aromatic N) is 2. The van der Waals surface area contributed by atoms with Crippen LogP contribution in [0.5, 0.6) is 0 Å². The third-order valence-corrected chi connectivity index (χ3v) is 5.33. The number of hydrogen-bond acceptors (Lipinski definition) is 5. The number of pyridine rings is 1. The van der Waals surface area contributed by atoms with Gasteiger partial charge in [0.25, 0.3) is 5.91 Å². The number of halogens is 1. The van der Waals surface area contributed by atoms with Crippen molar-refractivity contribution in [2.45, 2.75) is 18.0 Å². The Morgan fingerprint density at radius 1 is 1.04 bits per heavy atom. The second kappa shape index (κ2) is 9.53. The normalized spacial score (nSPS) is 10.8. The third-order valence-electron chi connectivity index (χ3n) is 3.82. The van der Waals surface area contributed by atoms with Crippen molar-refractivity contribution in [1.82, 2.24) is 14.8 Å². The predicted molar refractivity (Wildman–Crippen MR) is 106 cm³/mol. The van der Waals surface area contributed by atoms with Gasteiger partial charge < -0.3 is 0 Å². The van der Waals surface area contributed by atoms with Crippen LogP contribution < -0.4 is 5.48 Å². The van der Waals surface area contributed by atoms with Crippen LogP contribution >= 0.6 is 23.5 Å². The highest BCUT2D eigenvalue weighted by atomic mass is 35.5. The molecule has 138 valence electrons. The molecule has 3 rings (SSSR count). The number of nitrogens with one attached hydrogen (secondary N) is 1. The largest absolute Gasteiger partial charge is 0.288 e. The lowest BCUT2D eigenvalue weighted by Gasteiger charge is -2.22. The summed E-state index contributed by atoms with van der Waals surface area (Å²) in [7, 11) is 0. The highest BCUT2D eigenvalue weighted by molar-refractivity contribution is 7.97. The lowest BCUT2D eigenvalue weighted by molar-refractivity contribution is 0.0706. The van der Waals surface area contributed by atoms with Crippen LogP contribution in [0, 0.1) is 0 Å². The van der Waals surface area contributed by atoms with Gasteiger partial charge in [-0.25, -0.2) is 9.79 Å². The molecule has 1 amide bonds. The first-order chi connectivity index (χ1) is 13.2. The maximum absolute atomic E-state index is 11.5. The maximum atomic E-state index is 11.5. The zero-order chi connectivity index (χ0) is 19.1. The molecule has 0 aliphatic carbocycles. The first-order valence-electron chi connectivity index (χ1n) is 8.25. The summed E-state index contributed by atoms with van der Waals surface area (Å²) in [5, 5.41) is 9.43. The molecule has 0 spiro atoms. The minimum atomic E-state index is -0.529. The van der Waals surface area contributed by atoms with E-state index in [9.17, 15) is 4.79 Å². The average molecular weight is 400 g/mol. The molecule has 27 heavy (non-hydrogen) atoms. The molecule has 0 saturated carbocycles. The van der Waals surface area contributed by atoms with Crippen molar-refractivity contribution < 1.29 is 10.0 Å². The number of carbonyl (C=O) groups excluding carboxylic acids is 1. The number of rotatable bonds is 7. The van der Waals surface area contributed by atoms with Gasteiger partial charge in [-0.2, -0.15) is 0 Å². The standard InChI is InChI=1S/C20H18ClN3O2S/c21-18-5-1-2-6-19(18)27-24(14-16-4-3-11-22-12-16)13-15-7-9-17(10-8-15)20(25)23-26/h1-12,26H,13-14H2,(H,23,25). The lowest BCUT2D eigenvalue weighted by Crippen LogP contribution is -2.19. The van der Waals surface area contributed by atoms with Crippen molar-refractivity contribution >= 4 is 29.5 Å². The average Bonchev–Trinajstić information content (AvgIpc) is 2.70. The minimum absolute atomic E-state index is 0.402. The molecule has 0 aliphatic heterocycles. The van der Waals surface area contributed by atoms with Crippen molar-refractivity contribution in [1.29, 1.82) is 0 Å². The highest BCUT2D eigenvalue weighted by Gasteiger charge is 2.12. The fraction of sp³-hybridized carbons (Fsp3) is 0.100. The van der Waals surface area contributed by atoms with Gasteiger partial charge in [-0.3, -0.25) is 15.0 Å². The molecule has 1 aromatic heterocycles. The molecular formula is C20H18ClN3O2S. The fourth-order valence-electron chi connectivity index (χ4n) is 2.50. The van der Waals surface area contributed by atoms with Crippen molar-refractivity contribution in [3.63, 3.8) is 0 Å². The first kappa shape index (κ1) is 19.4. The summed E-state index contributed by atoms with van der Waals surface area (Å²) in [4.78, 5) is 16.6. The van der Waals surface area contributed by atoms with Crippen LogP contribution in [0.3, 0.4) is 0 Å². The van der Waals surface area contributed by atoms with Crippen LogP contribution in [0.4, 0.5) is 0 Å². The van der Waals surface area contributed by atoms with E-state index >= 15 is 0 Å². The van der Waals surface area contributed by atoms with Crippen LogP contribution in [-0.2, 0) is 13.1 Å². The van der Waals surface area contributed by atoms with Crippen LogP contribution in [-0.4, -0.2) is 20.4 Å². The van der Waals surface area contributed by atoms with E-state index < -0.39 is 5.91 Å². The van der Waals surface area contributed by atoms with Gasteiger partial charge in [-0.1, -0.05) is 41.9 Å². The molecule has 0 radical (unpaired) electrons. The Morgan fingerprint density at radius 2 is 1.78 bits per heavy atom. The summed E-state index contributed by atoms with van der Waals surface area (Å²) in [6.07, 6.45) is 3.59. The summed E-state index contributed by atoms with van der Waals surface area (Å²) < 4.78 is 2.18. The van der Waals surface area contributed by atoms with E-state index in [0.29, 0.717) is 23.7 Å². The maximum Gasteiger partial charge on any atom is 0.274 e. The monoisotopic (exact) mass is 399 g/mol. The molecule has 3 aromatic rings. The zero-order valence-electron chi connectivity index (χ0n) is 14.4. The molecule has 5 nitrogen and oxygen atoms in total. The van der Waals surface area contributed by atoms with Crippen molar-refractivity contribution in [3.05, 3.63) is 94.8 Å². The van der Waals surface area contributed by atoms with E-state index in [0.717, 1.165) is 16.0 Å². The van der Waals surface area contributed by atoms with Gasteiger partial charge in [0.05, 0.1) is 5.02 Å². The summed E-state index contributed by atoms with van der Waals surface area (Å²) in [5.74, 6) is -0.529. The smallest absolute Gasteiger partial charge is 0.274 e. The van der Waals surface area contributed by atoms with Crippen molar-refractivity contribution in [2.75, 3.05) is 0 Å². The molecule has 2 N–H and O–H groups in total. The zero-order valence-corrected chi connectivity index (χ0v) is 16.0. The van der Waals surface area contributed by atoms with Crippen LogP contribution in [0.15, 0.2) is 78.0 Å². The van der Waals surface area contributed by atoms with Crippen molar-refractivity contribution in [2.24, 2.45) is 0 Å². The third kappa shape index (κ3) is 5.55. The number of carbonyl (C=O) groups is 1.